The largest absolute Gasteiger partial charge is 0.426 e. The van der Waals surface area contributed by atoms with Crippen LogP contribution in [0, 0.1) is 5.92 Å². The van der Waals surface area contributed by atoms with Crippen molar-refractivity contribution in [2.45, 2.75) is 85.0 Å². The van der Waals surface area contributed by atoms with Crippen molar-refractivity contribution in [3.05, 3.63) is 90.6 Å². The molecule has 2 heteroatoms. The Bertz CT molecular complexity index is 798. The maximum atomic E-state index is 12.3. The minimum atomic E-state index is -0.161. The van der Waals surface area contributed by atoms with Gasteiger partial charge in [-0.3, -0.25) is 4.79 Å². The van der Waals surface area contributed by atoms with Gasteiger partial charge in [0.2, 0.25) is 0 Å². The predicted molar refractivity (Wildman–Crippen MR) is 144 cm³/mol. The van der Waals surface area contributed by atoms with Crippen LogP contribution in [0.3, 0.4) is 0 Å². The number of carbonyl (C=O) groups excluding carboxylic acids is 1. The monoisotopic (exact) mass is 448 g/mol. The highest BCUT2D eigenvalue weighted by molar-refractivity contribution is 5.74. The molecule has 0 N–H and O–H groups in total. The van der Waals surface area contributed by atoms with Crippen molar-refractivity contribution in [2.75, 3.05) is 0 Å². The van der Waals surface area contributed by atoms with Gasteiger partial charge in [0.1, 0.15) is 5.75 Å². The summed E-state index contributed by atoms with van der Waals surface area (Å²) in [6.07, 6.45) is 28.6. The maximum Gasteiger partial charge on any atom is 0.314 e. The number of esters is 1. The Morgan fingerprint density at radius 1 is 0.788 bits per heavy atom. The summed E-state index contributed by atoms with van der Waals surface area (Å²) >= 11 is 0. The SMILES string of the molecule is CC/C=C\C/C=C\C/C=C\C/C=C\C/C=C\CCC(C)C(=O)Oc1ccc(C(C)(C)C)cc1. The first-order valence-corrected chi connectivity index (χ1v) is 12.4. The molecule has 2 nitrogen and oxygen atoms in total. The summed E-state index contributed by atoms with van der Waals surface area (Å²) in [6.45, 7) is 10.6. The molecule has 0 aliphatic rings. The molecule has 0 fully saturated rings. The molecule has 0 bridgehead atoms. The van der Waals surface area contributed by atoms with Crippen LogP contribution in [-0.2, 0) is 10.2 Å². The van der Waals surface area contributed by atoms with E-state index in [0.29, 0.717) is 5.75 Å². The Morgan fingerprint density at radius 2 is 1.24 bits per heavy atom. The quantitative estimate of drug-likeness (QED) is 0.161. The summed E-state index contributed by atoms with van der Waals surface area (Å²) in [6, 6.07) is 7.83. The van der Waals surface area contributed by atoms with Crippen LogP contribution in [0.1, 0.15) is 85.1 Å². The zero-order valence-electron chi connectivity index (χ0n) is 21.4. The highest BCUT2D eigenvalue weighted by Gasteiger charge is 2.16. The van der Waals surface area contributed by atoms with Crippen molar-refractivity contribution in [3.63, 3.8) is 0 Å². The van der Waals surface area contributed by atoms with E-state index in [1.807, 2.05) is 31.2 Å². The van der Waals surface area contributed by atoms with E-state index in [0.717, 1.165) is 44.9 Å². The fourth-order valence-corrected chi connectivity index (χ4v) is 3.07. The summed E-state index contributed by atoms with van der Waals surface area (Å²) in [7, 11) is 0. The van der Waals surface area contributed by atoms with Gasteiger partial charge in [-0.05, 0) is 68.1 Å². The van der Waals surface area contributed by atoms with Crippen molar-refractivity contribution >= 4 is 5.97 Å². The Hall–Kier alpha value is -2.61. The van der Waals surface area contributed by atoms with E-state index in [-0.39, 0.29) is 17.3 Å². The summed E-state index contributed by atoms with van der Waals surface area (Å²) < 4.78 is 5.54. The number of benzene rings is 1. The van der Waals surface area contributed by atoms with E-state index < -0.39 is 0 Å². The standard InChI is InChI=1S/C31H44O2/c1-6-7-8-9-10-11-12-13-14-15-16-17-18-19-20-21-22-27(2)30(32)33-29-25-23-28(24-26-29)31(3,4)5/h7-8,10-11,13-14,16-17,19-20,23-27H,6,9,12,15,18,21-22H2,1-5H3/b8-7-,11-10-,14-13-,17-16-,20-19-. The molecule has 1 aromatic carbocycles. The molecule has 0 aromatic heterocycles. The third-order valence-electron chi connectivity index (χ3n) is 5.27. The minimum Gasteiger partial charge on any atom is -0.426 e. The molecule has 1 unspecified atom stereocenters. The van der Waals surface area contributed by atoms with Gasteiger partial charge in [0.25, 0.3) is 0 Å². The number of carbonyl (C=O) groups is 1. The zero-order valence-corrected chi connectivity index (χ0v) is 21.4. The molecule has 180 valence electrons. The van der Waals surface area contributed by atoms with Crippen LogP contribution >= 0.6 is 0 Å². The number of hydrogen-bond donors (Lipinski definition) is 0. The second-order valence-corrected chi connectivity index (χ2v) is 9.38. The average molecular weight is 449 g/mol. The van der Waals surface area contributed by atoms with E-state index in [4.69, 9.17) is 4.74 Å². The lowest BCUT2D eigenvalue weighted by Gasteiger charge is -2.19. The molecule has 0 saturated heterocycles. The third kappa shape index (κ3) is 14.2. The summed E-state index contributed by atoms with van der Waals surface area (Å²) in [5.41, 5.74) is 1.32. The second kappa shape index (κ2) is 16.9. The molecular weight excluding hydrogens is 404 g/mol. The van der Waals surface area contributed by atoms with Gasteiger partial charge in [-0.1, -0.05) is 108 Å². The zero-order chi connectivity index (χ0) is 24.4. The van der Waals surface area contributed by atoms with Gasteiger partial charge in [-0.25, -0.2) is 0 Å². The molecular formula is C31H44O2. The Kier molecular flexibility index (Phi) is 14.6. The van der Waals surface area contributed by atoms with Gasteiger partial charge in [-0.15, -0.1) is 0 Å². The van der Waals surface area contributed by atoms with Crippen molar-refractivity contribution in [2.24, 2.45) is 5.92 Å². The molecule has 1 aromatic rings. The lowest BCUT2D eigenvalue weighted by molar-refractivity contribution is -0.138. The van der Waals surface area contributed by atoms with Crippen LogP contribution in [-0.4, -0.2) is 5.97 Å². The second-order valence-electron chi connectivity index (χ2n) is 9.38. The molecule has 33 heavy (non-hydrogen) atoms. The highest BCUT2D eigenvalue weighted by atomic mass is 16.5. The first-order valence-electron chi connectivity index (χ1n) is 12.4. The number of ether oxygens (including phenoxy) is 1. The topological polar surface area (TPSA) is 26.3 Å². The predicted octanol–water partition coefficient (Wildman–Crippen LogP) is 9.06. The summed E-state index contributed by atoms with van der Waals surface area (Å²) in [5.74, 6) is 0.343. The average Bonchev–Trinajstić information content (AvgIpc) is 2.78. The molecule has 0 spiro atoms. The molecule has 0 saturated carbocycles. The summed E-state index contributed by atoms with van der Waals surface area (Å²) in [4.78, 5) is 12.3. The third-order valence-corrected chi connectivity index (χ3v) is 5.27. The van der Waals surface area contributed by atoms with Gasteiger partial charge >= 0.3 is 5.97 Å². The van der Waals surface area contributed by atoms with Crippen molar-refractivity contribution in [1.29, 1.82) is 0 Å². The minimum absolute atomic E-state index is 0.0943. The van der Waals surface area contributed by atoms with Crippen LogP contribution in [0.5, 0.6) is 5.75 Å². The van der Waals surface area contributed by atoms with E-state index >= 15 is 0 Å². The molecule has 1 atom stereocenters. The normalized spacial score (nSPS) is 13.8. The first kappa shape index (κ1) is 28.4. The molecule has 1 rings (SSSR count). The van der Waals surface area contributed by atoms with Gasteiger partial charge in [0, 0.05) is 0 Å². The lowest BCUT2D eigenvalue weighted by Crippen LogP contribution is -2.18. The molecule has 0 amide bonds. The van der Waals surface area contributed by atoms with E-state index in [1.165, 1.54) is 5.56 Å². The number of rotatable bonds is 14. The first-order chi connectivity index (χ1) is 15.8. The van der Waals surface area contributed by atoms with Crippen LogP contribution in [0.25, 0.3) is 0 Å². The van der Waals surface area contributed by atoms with Gasteiger partial charge in [0.05, 0.1) is 5.92 Å². The van der Waals surface area contributed by atoms with Crippen LogP contribution in [0.2, 0.25) is 0 Å². The lowest BCUT2D eigenvalue weighted by atomic mass is 9.87. The Morgan fingerprint density at radius 3 is 1.70 bits per heavy atom. The molecule has 0 heterocycles. The van der Waals surface area contributed by atoms with E-state index in [9.17, 15) is 4.79 Å². The fourth-order valence-electron chi connectivity index (χ4n) is 3.07. The van der Waals surface area contributed by atoms with Gasteiger partial charge in [0.15, 0.2) is 0 Å². The number of allylic oxidation sites excluding steroid dienone is 10. The summed E-state index contributed by atoms with van der Waals surface area (Å²) in [5, 5.41) is 0. The van der Waals surface area contributed by atoms with Crippen molar-refractivity contribution < 1.29 is 9.53 Å². The molecule has 0 radical (unpaired) electrons. The van der Waals surface area contributed by atoms with Crippen LogP contribution in [0.15, 0.2) is 85.0 Å². The smallest absolute Gasteiger partial charge is 0.314 e. The Labute approximate surface area is 202 Å². The number of hydrogen-bond acceptors (Lipinski definition) is 2. The van der Waals surface area contributed by atoms with Crippen molar-refractivity contribution in [3.8, 4) is 5.75 Å². The van der Waals surface area contributed by atoms with Crippen LogP contribution in [0.4, 0.5) is 0 Å². The maximum absolute atomic E-state index is 12.3. The van der Waals surface area contributed by atoms with Gasteiger partial charge in [-0.2, -0.15) is 0 Å². The van der Waals surface area contributed by atoms with Crippen molar-refractivity contribution in [1.82, 2.24) is 0 Å². The Balaban J connectivity index is 2.16. The van der Waals surface area contributed by atoms with E-state index in [1.54, 1.807) is 0 Å². The highest BCUT2D eigenvalue weighted by Crippen LogP contribution is 2.24. The molecule has 0 aliphatic carbocycles. The fraction of sp³-hybridized carbons (Fsp3) is 0.452. The molecule has 0 aliphatic heterocycles. The van der Waals surface area contributed by atoms with E-state index in [2.05, 4.69) is 88.5 Å². The van der Waals surface area contributed by atoms with Crippen LogP contribution < -0.4 is 4.74 Å². The van der Waals surface area contributed by atoms with Gasteiger partial charge < -0.3 is 4.74 Å².